The number of phenols is 1. The minimum absolute atomic E-state index is 0.0331. The van der Waals surface area contributed by atoms with Gasteiger partial charge in [0.15, 0.2) is 23.0 Å². The highest BCUT2D eigenvalue weighted by Crippen LogP contribution is 2.53. The van der Waals surface area contributed by atoms with Crippen molar-refractivity contribution in [2.75, 3.05) is 28.1 Å². The number of benzene rings is 2. The second kappa shape index (κ2) is 6.64. The van der Waals surface area contributed by atoms with Gasteiger partial charge in [0.2, 0.25) is 18.3 Å². The predicted octanol–water partition coefficient (Wildman–Crippen LogP) is 3.20. The maximum atomic E-state index is 10.1. The van der Waals surface area contributed by atoms with Gasteiger partial charge in [-0.05, 0) is 24.3 Å². The Morgan fingerprint density at radius 3 is 2.44 bits per heavy atom. The number of H-pyrrole nitrogens is 1. The van der Waals surface area contributed by atoms with Crippen LogP contribution in [0.15, 0.2) is 30.5 Å². The van der Waals surface area contributed by atoms with Crippen LogP contribution in [0.4, 0.5) is 0 Å². The molecule has 140 valence electrons. The van der Waals surface area contributed by atoms with E-state index in [4.69, 9.17) is 23.7 Å². The minimum Gasteiger partial charge on any atom is -0.504 e. The smallest absolute Gasteiger partial charge is 0.231 e. The number of methoxy groups -OCH3 is 3. The van der Waals surface area contributed by atoms with Crippen LogP contribution in [-0.4, -0.2) is 43.4 Å². The molecule has 3 aromatic rings. The summed E-state index contributed by atoms with van der Waals surface area (Å²) in [7, 11) is 4.62. The number of nitrogens with zero attached hydrogens (tertiary/aromatic N) is 1. The molecule has 8 nitrogen and oxygen atoms in total. The Labute approximate surface area is 155 Å². The van der Waals surface area contributed by atoms with Crippen molar-refractivity contribution in [3.05, 3.63) is 30.5 Å². The van der Waals surface area contributed by atoms with Crippen LogP contribution < -0.4 is 23.7 Å². The van der Waals surface area contributed by atoms with E-state index >= 15 is 0 Å². The van der Waals surface area contributed by atoms with Crippen LogP contribution >= 0.6 is 0 Å². The second-order valence-electron chi connectivity index (χ2n) is 5.77. The lowest BCUT2D eigenvalue weighted by Gasteiger charge is -2.14. The summed E-state index contributed by atoms with van der Waals surface area (Å²) in [6, 6.07) is 6.93. The van der Waals surface area contributed by atoms with Crippen molar-refractivity contribution in [2.45, 2.75) is 0 Å². The Bertz CT molecular complexity index is 998. The van der Waals surface area contributed by atoms with Gasteiger partial charge in [-0.2, -0.15) is 5.10 Å². The first-order valence-corrected chi connectivity index (χ1v) is 8.13. The van der Waals surface area contributed by atoms with Gasteiger partial charge in [-0.25, -0.2) is 0 Å². The van der Waals surface area contributed by atoms with Crippen molar-refractivity contribution < 1.29 is 28.8 Å². The molecule has 0 radical (unpaired) electrons. The lowest BCUT2D eigenvalue weighted by atomic mass is 9.99. The van der Waals surface area contributed by atoms with Crippen molar-refractivity contribution in [3.63, 3.8) is 0 Å². The minimum atomic E-state index is 0.0331. The molecule has 0 atom stereocenters. The molecule has 1 aromatic heterocycles. The van der Waals surface area contributed by atoms with Gasteiger partial charge in [-0.3, -0.25) is 5.10 Å². The molecule has 2 heterocycles. The van der Waals surface area contributed by atoms with Crippen LogP contribution in [0, 0.1) is 0 Å². The molecule has 8 heteroatoms. The van der Waals surface area contributed by atoms with E-state index in [-0.39, 0.29) is 12.5 Å². The number of aromatic nitrogens is 2. The fourth-order valence-electron chi connectivity index (χ4n) is 3.12. The molecule has 0 bridgehead atoms. The fraction of sp³-hybridized carbons (Fsp3) is 0.211. The van der Waals surface area contributed by atoms with Gasteiger partial charge in [-0.15, -0.1) is 0 Å². The highest BCUT2D eigenvalue weighted by Gasteiger charge is 2.29. The molecule has 0 fully saturated rings. The summed E-state index contributed by atoms with van der Waals surface area (Å²) in [5, 5.41) is 17.3. The van der Waals surface area contributed by atoms with E-state index in [9.17, 15) is 5.11 Å². The highest BCUT2D eigenvalue weighted by molar-refractivity contribution is 5.88. The Morgan fingerprint density at radius 2 is 1.74 bits per heavy atom. The molecule has 0 saturated carbocycles. The van der Waals surface area contributed by atoms with Gasteiger partial charge in [0.1, 0.15) is 0 Å². The van der Waals surface area contributed by atoms with Gasteiger partial charge in [0, 0.05) is 16.7 Å². The van der Waals surface area contributed by atoms with Crippen molar-refractivity contribution in [1.82, 2.24) is 10.2 Å². The first kappa shape index (κ1) is 16.9. The molecular weight excluding hydrogens is 352 g/mol. The standard InChI is InChI=1S/C19H18N2O6/c1-23-14-5-4-10(6-13(14)22)16-12(8-20-21-16)11-7-15(24-2)18-19(17(11)25-3)27-9-26-18/h4-8,22H,9H2,1-3H3,(H,20,21). The number of aromatic amines is 1. The molecule has 0 aliphatic carbocycles. The molecule has 2 aromatic carbocycles. The largest absolute Gasteiger partial charge is 0.504 e. The topological polar surface area (TPSA) is 95.1 Å². The highest BCUT2D eigenvalue weighted by atomic mass is 16.7. The summed E-state index contributed by atoms with van der Waals surface area (Å²) in [4.78, 5) is 0. The van der Waals surface area contributed by atoms with Crippen LogP contribution in [0.25, 0.3) is 22.4 Å². The van der Waals surface area contributed by atoms with E-state index in [1.807, 2.05) is 12.1 Å². The van der Waals surface area contributed by atoms with E-state index in [1.54, 1.807) is 32.5 Å². The summed E-state index contributed by atoms with van der Waals surface area (Å²) >= 11 is 0. The van der Waals surface area contributed by atoms with Crippen molar-refractivity contribution in [1.29, 1.82) is 0 Å². The van der Waals surface area contributed by atoms with Gasteiger partial charge in [-0.1, -0.05) is 0 Å². The molecule has 0 unspecified atom stereocenters. The van der Waals surface area contributed by atoms with Gasteiger partial charge in [0.25, 0.3) is 0 Å². The fourth-order valence-corrected chi connectivity index (χ4v) is 3.12. The zero-order valence-electron chi connectivity index (χ0n) is 15.0. The van der Waals surface area contributed by atoms with Crippen LogP contribution in [0.5, 0.6) is 34.5 Å². The Hall–Kier alpha value is -3.55. The number of aromatic hydroxyl groups is 1. The summed E-state index contributed by atoms with van der Waals surface area (Å²) < 4.78 is 27.2. The molecule has 0 saturated heterocycles. The van der Waals surface area contributed by atoms with Crippen LogP contribution in [0.1, 0.15) is 0 Å². The summed E-state index contributed by atoms with van der Waals surface area (Å²) in [5.74, 6) is 2.46. The average Bonchev–Trinajstić information content (AvgIpc) is 3.36. The first-order valence-electron chi connectivity index (χ1n) is 8.13. The Kier molecular flexibility index (Phi) is 4.15. The maximum Gasteiger partial charge on any atom is 0.231 e. The molecule has 27 heavy (non-hydrogen) atoms. The normalized spacial score (nSPS) is 12.1. The Balaban J connectivity index is 1.89. The predicted molar refractivity (Wildman–Crippen MR) is 96.9 cm³/mol. The van der Waals surface area contributed by atoms with Gasteiger partial charge >= 0.3 is 0 Å². The summed E-state index contributed by atoms with van der Waals surface area (Å²) in [6.07, 6.45) is 1.68. The van der Waals surface area contributed by atoms with E-state index in [0.29, 0.717) is 34.4 Å². The lowest BCUT2D eigenvalue weighted by Crippen LogP contribution is -1.95. The van der Waals surface area contributed by atoms with E-state index in [0.717, 1.165) is 16.7 Å². The molecule has 4 rings (SSSR count). The van der Waals surface area contributed by atoms with Crippen LogP contribution in [-0.2, 0) is 0 Å². The first-order chi connectivity index (χ1) is 13.2. The van der Waals surface area contributed by atoms with Crippen LogP contribution in [0.2, 0.25) is 0 Å². The zero-order valence-corrected chi connectivity index (χ0v) is 15.0. The molecule has 2 N–H and O–H groups in total. The van der Waals surface area contributed by atoms with Crippen molar-refractivity contribution in [3.8, 4) is 56.9 Å². The third-order valence-corrected chi connectivity index (χ3v) is 4.38. The molecule has 0 spiro atoms. The Morgan fingerprint density at radius 1 is 0.963 bits per heavy atom. The lowest BCUT2D eigenvalue weighted by molar-refractivity contribution is 0.168. The van der Waals surface area contributed by atoms with Crippen molar-refractivity contribution in [2.24, 2.45) is 0 Å². The number of phenolic OH excluding ortho intramolecular Hbond substituents is 1. The van der Waals surface area contributed by atoms with Gasteiger partial charge < -0.3 is 28.8 Å². The zero-order chi connectivity index (χ0) is 19.0. The number of rotatable bonds is 5. The number of hydrogen-bond donors (Lipinski definition) is 2. The number of hydrogen-bond acceptors (Lipinski definition) is 7. The van der Waals surface area contributed by atoms with E-state index in [1.165, 1.54) is 7.11 Å². The molecule has 1 aliphatic rings. The average molecular weight is 370 g/mol. The summed E-state index contributed by atoms with van der Waals surface area (Å²) in [6.45, 7) is 0.0934. The third-order valence-electron chi connectivity index (χ3n) is 4.38. The molecule has 1 aliphatic heterocycles. The maximum absolute atomic E-state index is 10.1. The van der Waals surface area contributed by atoms with Crippen LogP contribution in [0.3, 0.4) is 0 Å². The number of ether oxygens (including phenoxy) is 5. The SMILES string of the molecule is COc1ccc(-c2[nH]ncc2-c2cc(OC)c3c(c2OC)OCO3)cc1O. The second-order valence-corrected chi connectivity index (χ2v) is 5.77. The monoisotopic (exact) mass is 370 g/mol. The molecule has 0 amide bonds. The third kappa shape index (κ3) is 2.66. The van der Waals surface area contributed by atoms with E-state index in [2.05, 4.69) is 10.2 Å². The quantitative estimate of drug-likeness (QED) is 0.712. The number of nitrogens with one attached hydrogen (secondary N) is 1. The van der Waals surface area contributed by atoms with Crippen molar-refractivity contribution >= 4 is 0 Å². The molecular formula is C19H18N2O6. The van der Waals surface area contributed by atoms with E-state index < -0.39 is 0 Å². The summed E-state index contributed by atoms with van der Waals surface area (Å²) in [5.41, 5.74) is 2.91. The van der Waals surface area contributed by atoms with Gasteiger partial charge in [0.05, 0.1) is 33.2 Å². The number of fused-ring (bicyclic) bond motifs is 1.